The smallest absolute Gasteiger partial charge is 0.296 e. The second-order valence-corrected chi connectivity index (χ2v) is 8.88. The highest BCUT2D eigenvalue weighted by Gasteiger charge is 2.17. The topological polar surface area (TPSA) is 94.3 Å². The van der Waals surface area contributed by atoms with Gasteiger partial charge >= 0.3 is 5.69 Å². The van der Waals surface area contributed by atoms with Crippen LogP contribution in [0, 0.1) is 6.92 Å². The fourth-order valence-electron chi connectivity index (χ4n) is 4.68. The largest absolute Gasteiger partial charge is 0.328 e. The summed E-state index contributed by atoms with van der Waals surface area (Å²) in [5.41, 5.74) is 7.20. The normalized spacial score (nSPS) is 11.2. The van der Waals surface area contributed by atoms with E-state index in [2.05, 4.69) is 75.9 Å². The molecule has 182 valence electrons. The Hall–Kier alpha value is -4.33. The average Bonchev–Trinajstić information content (AvgIpc) is 3.53. The molecular formula is C28H29N7O. The van der Waals surface area contributed by atoms with Crippen LogP contribution in [0.5, 0.6) is 0 Å². The van der Waals surface area contributed by atoms with Gasteiger partial charge in [0.1, 0.15) is 5.69 Å². The number of tetrazole rings is 1. The number of rotatable bonds is 9. The van der Waals surface area contributed by atoms with Crippen LogP contribution in [0.2, 0.25) is 0 Å². The Morgan fingerprint density at radius 3 is 2.42 bits per heavy atom. The Balaban J connectivity index is 1.41. The third-order valence-electron chi connectivity index (χ3n) is 6.55. The molecule has 0 radical (unpaired) electrons. The third-order valence-corrected chi connectivity index (χ3v) is 6.55. The molecule has 8 heteroatoms. The first kappa shape index (κ1) is 23.4. The Morgan fingerprint density at radius 2 is 1.69 bits per heavy atom. The maximum Gasteiger partial charge on any atom is 0.328 e. The van der Waals surface area contributed by atoms with Crippen LogP contribution >= 0.6 is 0 Å². The summed E-state index contributed by atoms with van der Waals surface area (Å²) < 4.78 is 3.87. The van der Waals surface area contributed by atoms with Gasteiger partial charge < -0.3 is 0 Å². The van der Waals surface area contributed by atoms with Crippen molar-refractivity contribution in [3.63, 3.8) is 0 Å². The minimum atomic E-state index is 0.0586. The van der Waals surface area contributed by atoms with Crippen LogP contribution in [0.4, 0.5) is 0 Å². The molecule has 0 aliphatic rings. The minimum Gasteiger partial charge on any atom is -0.296 e. The molecule has 0 bridgehead atoms. The quantitative estimate of drug-likeness (QED) is 0.337. The SMILES string of the molecule is CCCc1c(C)n(CCc2ccccc2)c(=O)n1Cc1ccc(-c2cccnc2-c2nnn[nH]2)cc1. The molecule has 8 nitrogen and oxygen atoms in total. The molecule has 0 atom stereocenters. The number of hydrogen-bond donors (Lipinski definition) is 1. The summed E-state index contributed by atoms with van der Waals surface area (Å²) in [6.07, 6.45) is 4.42. The average molecular weight is 480 g/mol. The predicted molar refractivity (Wildman–Crippen MR) is 140 cm³/mol. The molecule has 0 aliphatic heterocycles. The monoisotopic (exact) mass is 479 g/mol. The molecule has 0 aliphatic carbocycles. The fourth-order valence-corrected chi connectivity index (χ4v) is 4.68. The highest BCUT2D eigenvalue weighted by Crippen LogP contribution is 2.28. The lowest BCUT2D eigenvalue weighted by Crippen LogP contribution is -2.26. The first-order chi connectivity index (χ1) is 17.7. The van der Waals surface area contributed by atoms with E-state index >= 15 is 0 Å². The van der Waals surface area contributed by atoms with E-state index in [0.717, 1.165) is 47.3 Å². The minimum absolute atomic E-state index is 0.0586. The second-order valence-electron chi connectivity index (χ2n) is 8.88. The lowest BCUT2D eigenvalue weighted by Gasteiger charge is -2.10. The van der Waals surface area contributed by atoms with Crippen LogP contribution in [-0.2, 0) is 25.9 Å². The summed E-state index contributed by atoms with van der Waals surface area (Å²) in [6, 6.07) is 22.5. The van der Waals surface area contributed by atoms with Gasteiger partial charge in [0.15, 0.2) is 5.82 Å². The summed E-state index contributed by atoms with van der Waals surface area (Å²) in [5.74, 6) is 0.526. The van der Waals surface area contributed by atoms with Crippen molar-refractivity contribution in [2.45, 2.75) is 46.2 Å². The number of benzene rings is 2. The summed E-state index contributed by atoms with van der Waals surface area (Å²) in [7, 11) is 0. The summed E-state index contributed by atoms with van der Waals surface area (Å²) in [5, 5.41) is 14.1. The van der Waals surface area contributed by atoms with E-state index < -0.39 is 0 Å². The molecule has 3 heterocycles. The Morgan fingerprint density at radius 1 is 0.889 bits per heavy atom. The van der Waals surface area contributed by atoms with Gasteiger partial charge in [-0.05, 0) is 52.9 Å². The highest BCUT2D eigenvalue weighted by atomic mass is 16.1. The third kappa shape index (κ3) is 4.75. The highest BCUT2D eigenvalue weighted by molar-refractivity contribution is 5.77. The van der Waals surface area contributed by atoms with Crippen LogP contribution in [0.25, 0.3) is 22.6 Å². The number of nitrogens with zero attached hydrogens (tertiary/aromatic N) is 6. The zero-order valence-electron chi connectivity index (χ0n) is 20.6. The zero-order valence-corrected chi connectivity index (χ0v) is 20.6. The van der Waals surface area contributed by atoms with Crippen molar-refractivity contribution in [1.82, 2.24) is 34.7 Å². The van der Waals surface area contributed by atoms with Crippen molar-refractivity contribution >= 4 is 0 Å². The van der Waals surface area contributed by atoms with Crippen molar-refractivity contribution in [3.8, 4) is 22.6 Å². The first-order valence-electron chi connectivity index (χ1n) is 12.3. The van der Waals surface area contributed by atoms with Crippen LogP contribution in [-0.4, -0.2) is 34.7 Å². The molecule has 0 spiro atoms. The number of aryl methyl sites for hydroxylation is 1. The van der Waals surface area contributed by atoms with Crippen molar-refractivity contribution in [3.05, 3.63) is 106 Å². The number of H-pyrrole nitrogens is 1. The standard InChI is InChI=1S/C28H29N7O/c1-3-8-25-20(2)34(18-16-21-9-5-4-6-10-21)28(36)35(25)19-22-12-14-23(15-13-22)24-11-7-17-29-26(24)27-30-32-33-31-27/h4-7,9-15,17H,3,8,16,18-19H2,1-2H3,(H,30,31,32,33). The molecule has 36 heavy (non-hydrogen) atoms. The molecule has 3 aromatic heterocycles. The van der Waals surface area contributed by atoms with Gasteiger partial charge in [0.25, 0.3) is 0 Å². The summed E-state index contributed by atoms with van der Waals surface area (Å²) in [6.45, 7) is 5.44. The van der Waals surface area contributed by atoms with Gasteiger partial charge in [-0.15, -0.1) is 5.10 Å². The number of pyridine rings is 1. The van der Waals surface area contributed by atoms with Crippen LogP contribution < -0.4 is 5.69 Å². The summed E-state index contributed by atoms with van der Waals surface area (Å²) >= 11 is 0. The number of aromatic nitrogens is 7. The van der Waals surface area contributed by atoms with Crippen LogP contribution in [0.1, 0.15) is 35.9 Å². The van der Waals surface area contributed by atoms with E-state index in [1.54, 1.807) is 6.20 Å². The fraction of sp³-hybridized carbons (Fsp3) is 0.250. The van der Waals surface area contributed by atoms with E-state index in [9.17, 15) is 4.79 Å². The Kier molecular flexibility index (Phi) is 6.84. The van der Waals surface area contributed by atoms with Crippen molar-refractivity contribution in [2.24, 2.45) is 0 Å². The van der Waals surface area contributed by atoms with Gasteiger partial charge in [-0.2, -0.15) is 0 Å². The lowest BCUT2D eigenvalue weighted by atomic mass is 10.0. The molecular weight excluding hydrogens is 450 g/mol. The molecule has 0 amide bonds. The lowest BCUT2D eigenvalue weighted by molar-refractivity contribution is 0.621. The van der Waals surface area contributed by atoms with Crippen LogP contribution in [0.3, 0.4) is 0 Å². The van der Waals surface area contributed by atoms with Gasteiger partial charge in [0.05, 0.1) is 6.54 Å². The predicted octanol–water partition coefficient (Wildman–Crippen LogP) is 4.44. The van der Waals surface area contributed by atoms with Crippen molar-refractivity contribution in [2.75, 3.05) is 0 Å². The Labute approximate surface area is 209 Å². The number of hydrogen-bond acceptors (Lipinski definition) is 5. The zero-order chi connectivity index (χ0) is 24.9. The molecule has 2 aromatic carbocycles. The Bertz CT molecular complexity index is 1480. The van der Waals surface area contributed by atoms with E-state index in [4.69, 9.17) is 0 Å². The van der Waals surface area contributed by atoms with E-state index in [-0.39, 0.29) is 5.69 Å². The second kappa shape index (κ2) is 10.5. The molecule has 1 N–H and O–H groups in total. The number of aromatic amines is 1. The van der Waals surface area contributed by atoms with E-state index in [1.807, 2.05) is 39.5 Å². The van der Waals surface area contributed by atoms with Gasteiger partial charge in [0.2, 0.25) is 0 Å². The molecule has 0 saturated carbocycles. The molecule has 5 rings (SSSR count). The van der Waals surface area contributed by atoms with E-state index in [0.29, 0.717) is 24.6 Å². The molecule has 0 fully saturated rings. The molecule has 5 aromatic rings. The van der Waals surface area contributed by atoms with Gasteiger partial charge in [-0.3, -0.25) is 14.1 Å². The maximum atomic E-state index is 13.5. The number of nitrogens with one attached hydrogen (secondary N) is 1. The summed E-state index contributed by atoms with van der Waals surface area (Å²) in [4.78, 5) is 17.9. The maximum absolute atomic E-state index is 13.5. The first-order valence-corrected chi connectivity index (χ1v) is 12.3. The van der Waals surface area contributed by atoms with Gasteiger partial charge in [0, 0.05) is 29.7 Å². The van der Waals surface area contributed by atoms with E-state index in [1.165, 1.54) is 5.56 Å². The van der Waals surface area contributed by atoms with Crippen molar-refractivity contribution in [1.29, 1.82) is 0 Å². The molecule has 0 unspecified atom stereocenters. The van der Waals surface area contributed by atoms with Crippen molar-refractivity contribution < 1.29 is 0 Å². The van der Waals surface area contributed by atoms with Gasteiger partial charge in [-0.1, -0.05) is 74.0 Å². The number of imidazole rings is 1. The van der Waals surface area contributed by atoms with Crippen LogP contribution in [0.15, 0.2) is 77.7 Å². The van der Waals surface area contributed by atoms with Gasteiger partial charge in [-0.25, -0.2) is 9.89 Å². The molecule has 0 saturated heterocycles.